The molecule has 1 amide bonds. The number of carbonyl (C=O) groups is 1. The second-order valence-electron chi connectivity index (χ2n) is 7.37. The molecule has 1 atom stereocenters. The van der Waals surface area contributed by atoms with E-state index < -0.39 is 5.54 Å². The monoisotopic (exact) mass is 394 g/mol. The molecule has 152 valence electrons. The molecule has 29 heavy (non-hydrogen) atoms. The average molecular weight is 394 g/mol. The molecular weight excluding hydrogens is 368 g/mol. The predicted molar refractivity (Wildman–Crippen MR) is 111 cm³/mol. The zero-order valence-corrected chi connectivity index (χ0v) is 16.3. The van der Waals surface area contributed by atoms with Crippen molar-refractivity contribution in [3.8, 4) is 5.69 Å². The Kier molecular flexibility index (Phi) is 5.62. The van der Waals surface area contributed by atoms with Gasteiger partial charge in [0.15, 0.2) is 0 Å². The molecule has 3 N–H and O–H groups in total. The number of aryl methyl sites for hydroxylation is 1. The summed E-state index contributed by atoms with van der Waals surface area (Å²) in [5, 5.41) is 9.86. The van der Waals surface area contributed by atoms with Gasteiger partial charge in [0.1, 0.15) is 11.4 Å². The van der Waals surface area contributed by atoms with E-state index in [9.17, 15) is 9.90 Å². The van der Waals surface area contributed by atoms with E-state index in [0.717, 1.165) is 22.5 Å². The molecular formula is C22H26N4O3. The van der Waals surface area contributed by atoms with Gasteiger partial charge in [0.2, 0.25) is 5.91 Å². The van der Waals surface area contributed by atoms with Crippen molar-refractivity contribution in [1.29, 1.82) is 0 Å². The number of rotatable bonds is 6. The number of nitrogens with two attached hydrogens (primary N) is 1. The fourth-order valence-electron chi connectivity index (χ4n) is 3.95. The maximum absolute atomic E-state index is 13.0. The summed E-state index contributed by atoms with van der Waals surface area (Å²) in [6.45, 7) is 1.10. The van der Waals surface area contributed by atoms with Crippen LogP contribution in [0.15, 0.2) is 54.6 Å². The first kappa shape index (κ1) is 19.6. The lowest BCUT2D eigenvalue weighted by molar-refractivity contribution is -0.152. The molecule has 7 nitrogen and oxygen atoms in total. The first-order valence-electron chi connectivity index (χ1n) is 9.89. The molecule has 0 aliphatic carbocycles. The third-order valence-corrected chi connectivity index (χ3v) is 5.59. The number of benzene rings is 2. The zero-order valence-electron chi connectivity index (χ0n) is 16.3. The number of aliphatic hydroxyl groups excluding tert-OH is 1. The summed E-state index contributed by atoms with van der Waals surface area (Å²) in [7, 11) is 0. The molecule has 2 heterocycles. The van der Waals surface area contributed by atoms with Crippen molar-refractivity contribution in [1.82, 2.24) is 14.5 Å². The van der Waals surface area contributed by atoms with Gasteiger partial charge in [0.25, 0.3) is 0 Å². The summed E-state index contributed by atoms with van der Waals surface area (Å²) >= 11 is 0. The van der Waals surface area contributed by atoms with Crippen molar-refractivity contribution < 1.29 is 14.6 Å². The van der Waals surface area contributed by atoms with Crippen LogP contribution in [0.3, 0.4) is 0 Å². The third-order valence-electron chi connectivity index (χ3n) is 5.59. The lowest BCUT2D eigenvalue weighted by Gasteiger charge is -2.45. The Hall–Kier alpha value is -2.74. The van der Waals surface area contributed by atoms with E-state index >= 15 is 0 Å². The summed E-state index contributed by atoms with van der Waals surface area (Å²) < 4.78 is 7.58. The van der Waals surface area contributed by atoms with Crippen LogP contribution in [0.4, 0.5) is 0 Å². The highest BCUT2D eigenvalue weighted by molar-refractivity contribution is 5.80. The van der Waals surface area contributed by atoms with Crippen LogP contribution < -0.4 is 5.73 Å². The van der Waals surface area contributed by atoms with Crippen molar-refractivity contribution in [2.24, 2.45) is 5.73 Å². The van der Waals surface area contributed by atoms with Gasteiger partial charge in [-0.15, -0.1) is 0 Å². The zero-order chi connectivity index (χ0) is 20.3. The Morgan fingerprint density at radius 1 is 1.17 bits per heavy atom. The lowest BCUT2D eigenvalue weighted by Crippen LogP contribution is -2.65. The van der Waals surface area contributed by atoms with Gasteiger partial charge in [-0.3, -0.25) is 9.36 Å². The van der Waals surface area contributed by atoms with Crippen molar-refractivity contribution >= 4 is 16.9 Å². The molecule has 1 saturated heterocycles. The van der Waals surface area contributed by atoms with E-state index in [4.69, 9.17) is 15.5 Å². The Morgan fingerprint density at radius 3 is 2.69 bits per heavy atom. The number of hydrogen-bond acceptors (Lipinski definition) is 5. The maximum Gasteiger partial charge on any atom is 0.223 e. The average Bonchev–Trinajstić information content (AvgIpc) is 3.16. The van der Waals surface area contributed by atoms with Gasteiger partial charge in [-0.1, -0.05) is 30.3 Å². The van der Waals surface area contributed by atoms with Gasteiger partial charge >= 0.3 is 0 Å². The van der Waals surface area contributed by atoms with E-state index in [1.165, 1.54) is 0 Å². The maximum atomic E-state index is 13.0. The van der Waals surface area contributed by atoms with Gasteiger partial charge in [0.05, 0.1) is 30.9 Å². The molecule has 1 unspecified atom stereocenters. The number of fused-ring (bicyclic) bond motifs is 1. The Balaban J connectivity index is 1.61. The molecule has 0 bridgehead atoms. The van der Waals surface area contributed by atoms with Crippen molar-refractivity contribution in [2.75, 3.05) is 32.9 Å². The summed E-state index contributed by atoms with van der Waals surface area (Å²) in [6.07, 6.45) is 0.781. The Morgan fingerprint density at radius 2 is 1.93 bits per heavy atom. The Bertz CT molecular complexity index is 982. The summed E-state index contributed by atoms with van der Waals surface area (Å²) in [5.41, 5.74) is 7.98. The van der Waals surface area contributed by atoms with Gasteiger partial charge in [0, 0.05) is 31.6 Å². The highest BCUT2D eigenvalue weighted by Crippen LogP contribution is 2.24. The molecule has 0 radical (unpaired) electrons. The van der Waals surface area contributed by atoms with Crippen LogP contribution in [0.5, 0.6) is 0 Å². The lowest BCUT2D eigenvalue weighted by atomic mass is 9.97. The Labute approximate surface area is 169 Å². The number of morpholine rings is 1. The minimum absolute atomic E-state index is 0.0422. The smallest absolute Gasteiger partial charge is 0.223 e. The summed E-state index contributed by atoms with van der Waals surface area (Å²) in [6, 6.07) is 18.0. The largest absolute Gasteiger partial charge is 0.394 e. The minimum Gasteiger partial charge on any atom is -0.394 e. The highest BCUT2D eigenvalue weighted by Gasteiger charge is 2.40. The van der Waals surface area contributed by atoms with E-state index in [0.29, 0.717) is 19.6 Å². The third kappa shape index (κ3) is 3.64. The normalized spacial score (nSPS) is 19.6. The molecule has 0 spiro atoms. The molecule has 7 heteroatoms. The van der Waals surface area contributed by atoms with Crippen LogP contribution in [0, 0.1) is 0 Å². The van der Waals surface area contributed by atoms with E-state index in [1.54, 1.807) is 4.90 Å². The molecule has 1 aromatic heterocycles. The second kappa shape index (κ2) is 8.32. The van der Waals surface area contributed by atoms with Crippen molar-refractivity contribution in [3.05, 3.63) is 60.4 Å². The predicted octanol–water partition coefficient (Wildman–Crippen LogP) is 1.51. The van der Waals surface area contributed by atoms with Crippen LogP contribution in [0.25, 0.3) is 16.7 Å². The van der Waals surface area contributed by atoms with E-state index in [-0.39, 0.29) is 32.1 Å². The van der Waals surface area contributed by atoms with Crippen LogP contribution in [-0.4, -0.2) is 63.9 Å². The number of hydrogen-bond donors (Lipinski definition) is 2. The fraction of sp³-hybridized carbons (Fsp3) is 0.364. The van der Waals surface area contributed by atoms with Gasteiger partial charge in [-0.05, 0) is 24.3 Å². The molecule has 4 rings (SSSR count). The SMILES string of the molecule is NCC1(CO)COCCN1C(=O)CCc1nc2ccccc2n1-c1ccccc1. The van der Waals surface area contributed by atoms with Gasteiger partial charge in [-0.2, -0.15) is 0 Å². The summed E-state index contributed by atoms with van der Waals surface area (Å²) in [5.74, 6) is 0.792. The van der Waals surface area contributed by atoms with Crippen LogP contribution in [0.2, 0.25) is 0 Å². The number of ether oxygens (including phenoxy) is 1. The van der Waals surface area contributed by atoms with Crippen LogP contribution >= 0.6 is 0 Å². The van der Waals surface area contributed by atoms with Gasteiger partial charge in [-0.25, -0.2) is 4.98 Å². The number of nitrogens with zero attached hydrogens (tertiary/aromatic N) is 3. The number of carbonyl (C=O) groups excluding carboxylic acids is 1. The number of imidazole rings is 1. The van der Waals surface area contributed by atoms with Gasteiger partial charge < -0.3 is 20.5 Å². The number of amides is 1. The van der Waals surface area contributed by atoms with Crippen LogP contribution in [-0.2, 0) is 16.0 Å². The van der Waals surface area contributed by atoms with E-state index in [1.807, 2.05) is 54.6 Å². The fourth-order valence-corrected chi connectivity index (χ4v) is 3.95. The molecule has 1 aliphatic heterocycles. The molecule has 3 aromatic rings. The highest BCUT2D eigenvalue weighted by atomic mass is 16.5. The summed E-state index contributed by atoms with van der Waals surface area (Å²) in [4.78, 5) is 19.5. The van der Waals surface area contributed by atoms with Crippen molar-refractivity contribution in [2.45, 2.75) is 18.4 Å². The number of aliphatic hydroxyl groups is 1. The van der Waals surface area contributed by atoms with Crippen LogP contribution in [0.1, 0.15) is 12.2 Å². The molecule has 1 fully saturated rings. The molecule has 0 saturated carbocycles. The molecule has 1 aliphatic rings. The molecule has 2 aromatic carbocycles. The first-order valence-corrected chi connectivity index (χ1v) is 9.89. The minimum atomic E-state index is -0.838. The quantitative estimate of drug-likeness (QED) is 0.661. The number of para-hydroxylation sites is 3. The van der Waals surface area contributed by atoms with E-state index in [2.05, 4.69) is 4.57 Å². The topological polar surface area (TPSA) is 93.6 Å². The second-order valence-corrected chi connectivity index (χ2v) is 7.37. The van der Waals surface area contributed by atoms with Crippen molar-refractivity contribution in [3.63, 3.8) is 0 Å². The number of aromatic nitrogens is 2. The standard InChI is InChI=1S/C22H26N4O3/c23-14-22(15-27)16-29-13-12-25(22)21(28)11-10-20-24-18-8-4-5-9-19(18)26(20)17-6-2-1-3-7-17/h1-9,27H,10-16,23H2. The first-order chi connectivity index (χ1) is 14.2.